The van der Waals surface area contributed by atoms with Crippen LogP contribution in [0, 0.1) is 6.92 Å². The standard InChI is InChI=1S/C15H28N4O2S/c1-13-12-22-15(21)19(13)9-6-17(3)10-14(20)11-18-7-4-16(2)5-8-18/h12,14,20H,4-11H2,1-3H3. The van der Waals surface area contributed by atoms with Crippen LogP contribution in [0.25, 0.3) is 0 Å². The molecule has 7 heteroatoms. The number of likely N-dealkylation sites (N-methyl/N-ethyl adjacent to an activating group) is 2. The van der Waals surface area contributed by atoms with Crippen molar-refractivity contribution < 1.29 is 5.11 Å². The zero-order valence-corrected chi connectivity index (χ0v) is 14.7. The minimum atomic E-state index is -0.339. The van der Waals surface area contributed by atoms with E-state index in [2.05, 4.69) is 21.7 Å². The molecule has 1 unspecified atom stereocenters. The molecule has 22 heavy (non-hydrogen) atoms. The fourth-order valence-corrected chi connectivity index (χ4v) is 3.54. The highest BCUT2D eigenvalue weighted by atomic mass is 32.1. The monoisotopic (exact) mass is 328 g/mol. The summed E-state index contributed by atoms with van der Waals surface area (Å²) in [5.74, 6) is 0. The van der Waals surface area contributed by atoms with E-state index in [0.717, 1.165) is 45.0 Å². The number of rotatable bonds is 7. The third kappa shape index (κ3) is 5.17. The van der Waals surface area contributed by atoms with Gasteiger partial charge >= 0.3 is 4.87 Å². The van der Waals surface area contributed by atoms with Crippen molar-refractivity contribution in [2.24, 2.45) is 0 Å². The number of hydrogen-bond acceptors (Lipinski definition) is 6. The van der Waals surface area contributed by atoms with Gasteiger partial charge in [0.25, 0.3) is 0 Å². The number of thiazole rings is 1. The Morgan fingerprint density at radius 1 is 1.36 bits per heavy atom. The van der Waals surface area contributed by atoms with Crippen molar-refractivity contribution in [2.75, 3.05) is 59.9 Å². The predicted molar refractivity (Wildman–Crippen MR) is 90.8 cm³/mol. The van der Waals surface area contributed by atoms with Gasteiger partial charge in [0, 0.05) is 63.4 Å². The summed E-state index contributed by atoms with van der Waals surface area (Å²) in [5.41, 5.74) is 1.02. The van der Waals surface area contributed by atoms with Gasteiger partial charge in [0.1, 0.15) is 0 Å². The average molecular weight is 328 g/mol. The molecule has 0 saturated carbocycles. The molecule has 1 aromatic heterocycles. The zero-order chi connectivity index (χ0) is 16.1. The molecular formula is C15H28N4O2S. The summed E-state index contributed by atoms with van der Waals surface area (Å²) in [6, 6.07) is 0. The molecule has 2 heterocycles. The van der Waals surface area contributed by atoms with E-state index in [1.54, 1.807) is 4.57 Å². The molecule has 1 aromatic rings. The smallest absolute Gasteiger partial charge is 0.307 e. The fraction of sp³-hybridized carbons (Fsp3) is 0.800. The molecule has 0 aromatic carbocycles. The number of aromatic nitrogens is 1. The van der Waals surface area contributed by atoms with Gasteiger partial charge in [-0.1, -0.05) is 11.3 Å². The van der Waals surface area contributed by atoms with Gasteiger partial charge in [0.15, 0.2) is 0 Å². The summed E-state index contributed by atoms with van der Waals surface area (Å²) in [5, 5.41) is 12.1. The Morgan fingerprint density at radius 2 is 2.05 bits per heavy atom. The summed E-state index contributed by atoms with van der Waals surface area (Å²) in [6.45, 7) is 9.00. The number of aliphatic hydroxyl groups is 1. The number of aliphatic hydroxyl groups excluding tert-OH is 1. The SMILES string of the molecule is Cc1csc(=O)n1CCN(C)CC(O)CN1CCN(C)CC1. The Bertz CT molecular complexity index is 508. The highest BCUT2D eigenvalue weighted by Crippen LogP contribution is 2.03. The second-order valence-electron chi connectivity index (χ2n) is 6.31. The van der Waals surface area contributed by atoms with E-state index in [1.165, 1.54) is 11.3 Å². The van der Waals surface area contributed by atoms with Crippen molar-refractivity contribution in [3.63, 3.8) is 0 Å². The Labute approximate surface area is 136 Å². The van der Waals surface area contributed by atoms with Crippen LogP contribution in [0.15, 0.2) is 10.2 Å². The van der Waals surface area contributed by atoms with Crippen LogP contribution in [0.4, 0.5) is 0 Å². The average Bonchev–Trinajstić information content (AvgIpc) is 2.78. The maximum atomic E-state index is 11.7. The molecule has 1 N–H and O–H groups in total. The summed E-state index contributed by atoms with van der Waals surface area (Å²) in [6.07, 6.45) is -0.339. The highest BCUT2D eigenvalue weighted by Gasteiger charge is 2.18. The van der Waals surface area contributed by atoms with Gasteiger partial charge in [-0.2, -0.15) is 0 Å². The number of hydrogen-bond donors (Lipinski definition) is 1. The molecule has 2 rings (SSSR count). The Balaban J connectivity index is 1.70. The molecular weight excluding hydrogens is 300 g/mol. The molecule has 0 bridgehead atoms. The van der Waals surface area contributed by atoms with Gasteiger partial charge in [-0.15, -0.1) is 0 Å². The lowest BCUT2D eigenvalue weighted by Crippen LogP contribution is -2.48. The van der Waals surface area contributed by atoms with Crippen molar-refractivity contribution in [2.45, 2.75) is 19.6 Å². The van der Waals surface area contributed by atoms with E-state index in [-0.39, 0.29) is 11.0 Å². The molecule has 1 saturated heterocycles. The van der Waals surface area contributed by atoms with E-state index >= 15 is 0 Å². The van der Waals surface area contributed by atoms with Crippen LogP contribution >= 0.6 is 11.3 Å². The Hall–Kier alpha value is -0.730. The molecule has 0 radical (unpaired) electrons. The lowest BCUT2D eigenvalue weighted by Gasteiger charge is -2.34. The molecule has 1 fully saturated rings. The zero-order valence-electron chi connectivity index (χ0n) is 13.9. The van der Waals surface area contributed by atoms with E-state index in [9.17, 15) is 9.90 Å². The van der Waals surface area contributed by atoms with E-state index < -0.39 is 0 Å². The van der Waals surface area contributed by atoms with Gasteiger partial charge < -0.3 is 19.5 Å². The molecule has 1 atom stereocenters. The maximum absolute atomic E-state index is 11.7. The molecule has 1 aliphatic heterocycles. The van der Waals surface area contributed by atoms with Crippen molar-refractivity contribution >= 4 is 11.3 Å². The van der Waals surface area contributed by atoms with Crippen molar-refractivity contribution in [1.29, 1.82) is 0 Å². The van der Waals surface area contributed by atoms with Gasteiger partial charge in [-0.3, -0.25) is 9.69 Å². The Morgan fingerprint density at radius 3 is 2.64 bits per heavy atom. The largest absolute Gasteiger partial charge is 0.390 e. The summed E-state index contributed by atoms with van der Waals surface area (Å²) in [7, 11) is 4.13. The minimum absolute atomic E-state index is 0.101. The van der Waals surface area contributed by atoms with Crippen LogP contribution in [0.1, 0.15) is 5.69 Å². The quantitative estimate of drug-likeness (QED) is 0.749. The second kappa shape index (κ2) is 8.21. The van der Waals surface area contributed by atoms with E-state index in [4.69, 9.17) is 0 Å². The lowest BCUT2D eigenvalue weighted by atomic mass is 10.2. The molecule has 0 spiro atoms. The summed E-state index contributed by atoms with van der Waals surface area (Å²) in [4.78, 5) is 18.5. The first-order valence-electron chi connectivity index (χ1n) is 7.88. The van der Waals surface area contributed by atoms with Crippen molar-refractivity contribution in [3.05, 3.63) is 20.7 Å². The van der Waals surface area contributed by atoms with Crippen LogP contribution in [-0.2, 0) is 6.54 Å². The number of nitrogens with zero attached hydrogens (tertiary/aromatic N) is 4. The first-order chi connectivity index (χ1) is 10.5. The van der Waals surface area contributed by atoms with E-state index in [0.29, 0.717) is 13.1 Å². The van der Waals surface area contributed by atoms with Gasteiger partial charge in [-0.25, -0.2) is 0 Å². The topological polar surface area (TPSA) is 52.0 Å². The van der Waals surface area contributed by atoms with Crippen LogP contribution in [0.5, 0.6) is 0 Å². The molecule has 1 aliphatic rings. The molecule has 0 amide bonds. The van der Waals surface area contributed by atoms with Crippen molar-refractivity contribution in [3.8, 4) is 0 Å². The summed E-state index contributed by atoms with van der Waals surface area (Å²) < 4.78 is 1.80. The van der Waals surface area contributed by atoms with Gasteiger partial charge in [-0.05, 0) is 21.0 Å². The fourth-order valence-electron chi connectivity index (χ4n) is 2.78. The van der Waals surface area contributed by atoms with Gasteiger partial charge in [0.2, 0.25) is 0 Å². The highest BCUT2D eigenvalue weighted by molar-refractivity contribution is 7.07. The first-order valence-corrected chi connectivity index (χ1v) is 8.76. The van der Waals surface area contributed by atoms with Crippen molar-refractivity contribution in [1.82, 2.24) is 19.3 Å². The third-order valence-corrected chi connectivity index (χ3v) is 5.15. The predicted octanol–water partition coefficient (Wildman–Crippen LogP) is -0.242. The lowest BCUT2D eigenvalue weighted by molar-refractivity contribution is 0.0601. The molecule has 6 nitrogen and oxygen atoms in total. The molecule has 0 aliphatic carbocycles. The first kappa shape index (κ1) is 17.6. The second-order valence-corrected chi connectivity index (χ2v) is 7.14. The summed E-state index contributed by atoms with van der Waals surface area (Å²) >= 11 is 1.25. The number of aryl methyl sites for hydroxylation is 1. The van der Waals surface area contributed by atoms with Gasteiger partial charge in [0.05, 0.1) is 6.10 Å². The van der Waals surface area contributed by atoms with Crippen LogP contribution < -0.4 is 4.87 Å². The van der Waals surface area contributed by atoms with Crippen LogP contribution in [-0.4, -0.2) is 90.4 Å². The third-order valence-electron chi connectivity index (χ3n) is 4.27. The number of β-amino-alcohol motifs (C(OH)–C–C–N with tert-alkyl or cyclic N) is 1. The Kier molecular flexibility index (Phi) is 6.58. The normalized spacial score (nSPS) is 19.0. The molecule has 126 valence electrons. The van der Waals surface area contributed by atoms with Crippen LogP contribution in [0.2, 0.25) is 0 Å². The number of piperazine rings is 1. The van der Waals surface area contributed by atoms with E-state index in [1.807, 2.05) is 19.4 Å². The maximum Gasteiger partial charge on any atom is 0.307 e. The minimum Gasteiger partial charge on any atom is -0.390 e. The van der Waals surface area contributed by atoms with Crippen LogP contribution in [0.3, 0.4) is 0 Å².